The normalized spacial score (nSPS) is 17.1. The molecule has 0 fully saturated rings. The molecule has 0 N–H and O–H groups in total. The van der Waals surface area contributed by atoms with Crippen molar-refractivity contribution in [2.24, 2.45) is 11.0 Å². The zero-order valence-electron chi connectivity index (χ0n) is 16.2. The minimum Gasteiger partial charge on any atom is -0.294 e. The van der Waals surface area contributed by atoms with Gasteiger partial charge in [-0.25, -0.2) is 5.01 Å². The second-order valence-electron chi connectivity index (χ2n) is 7.22. The van der Waals surface area contributed by atoms with Gasteiger partial charge in [0.25, 0.3) is 5.91 Å². The number of para-hydroxylation sites is 1. The molecule has 4 nitrogen and oxygen atoms in total. The molecule has 0 spiro atoms. The van der Waals surface area contributed by atoms with Crippen LogP contribution in [0.2, 0.25) is 0 Å². The van der Waals surface area contributed by atoms with Crippen LogP contribution in [0.4, 0.5) is 5.69 Å². The SMILES string of the molecule is CC1=NN(c2ccccc2)C(=O)[C@H]1[C@H](CC(=O)c1ccccc1)c1ccccc1. The summed E-state index contributed by atoms with van der Waals surface area (Å²) in [7, 11) is 0. The van der Waals surface area contributed by atoms with E-state index in [4.69, 9.17) is 0 Å². The van der Waals surface area contributed by atoms with Crippen LogP contribution in [-0.4, -0.2) is 17.4 Å². The molecular formula is C25H22N2O2. The Balaban J connectivity index is 1.67. The van der Waals surface area contributed by atoms with Crippen molar-refractivity contribution >= 4 is 23.1 Å². The van der Waals surface area contributed by atoms with Gasteiger partial charge in [-0.3, -0.25) is 9.59 Å². The van der Waals surface area contributed by atoms with E-state index in [0.717, 1.165) is 17.0 Å². The van der Waals surface area contributed by atoms with Crippen LogP contribution in [0.3, 0.4) is 0 Å². The number of hydrazone groups is 1. The number of hydrogen-bond donors (Lipinski definition) is 0. The van der Waals surface area contributed by atoms with Crippen LogP contribution in [0.5, 0.6) is 0 Å². The maximum Gasteiger partial charge on any atom is 0.256 e. The molecule has 2 atom stereocenters. The van der Waals surface area contributed by atoms with Crippen LogP contribution in [-0.2, 0) is 4.79 Å². The number of Topliss-reactive ketones (excluding diaryl/α,β-unsaturated/α-hetero) is 1. The van der Waals surface area contributed by atoms with Crippen LogP contribution >= 0.6 is 0 Å². The van der Waals surface area contributed by atoms with Gasteiger partial charge in [0.2, 0.25) is 0 Å². The van der Waals surface area contributed by atoms with Gasteiger partial charge in [-0.05, 0) is 24.6 Å². The average Bonchev–Trinajstić information content (AvgIpc) is 3.07. The molecule has 1 aliphatic heterocycles. The van der Waals surface area contributed by atoms with E-state index in [1.807, 2.05) is 97.9 Å². The largest absolute Gasteiger partial charge is 0.294 e. The highest BCUT2D eigenvalue weighted by atomic mass is 16.2. The fourth-order valence-electron chi connectivity index (χ4n) is 3.87. The molecule has 0 bridgehead atoms. The average molecular weight is 382 g/mol. The van der Waals surface area contributed by atoms with Gasteiger partial charge in [-0.2, -0.15) is 5.10 Å². The molecule has 3 aromatic rings. The highest BCUT2D eigenvalue weighted by Gasteiger charge is 2.41. The van der Waals surface area contributed by atoms with E-state index < -0.39 is 5.92 Å². The van der Waals surface area contributed by atoms with Crippen LogP contribution in [0.1, 0.15) is 35.2 Å². The fourth-order valence-corrected chi connectivity index (χ4v) is 3.87. The van der Waals surface area contributed by atoms with E-state index in [0.29, 0.717) is 5.56 Å². The van der Waals surface area contributed by atoms with Crippen LogP contribution in [0.15, 0.2) is 96.1 Å². The first-order chi connectivity index (χ1) is 14.1. The Labute approximate surface area is 170 Å². The number of carbonyl (C=O) groups excluding carboxylic acids is 2. The summed E-state index contributed by atoms with van der Waals surface area (Å²) >= 11 is 0. The second-order valence-corrected chi connectivity index (χ2v) is 7.22. The summed E-state index contributed by atoms with van der Waals surface area (Å²) in [6.45, 7) is 1.87. The number of benzene rings is 3. The third kappa shape index (κ3) is 3.87. The molecule has 29 heavy (non-hydrogen) atoms. The Bertz CT molecular complexity index is 1030. The summed E-state index contributed by atoms with van der Waals surface area (Å²) in [5.74, 6) is -0.805. The summed E-state index contributed by atoms with van der Waals surface area (Å²) in [4.78, 5) is 26.3. The van der Waals surface area contributed by atoms with Gasteiger partial charge in [0, 0.05) is 23.6 Å². The van der Waals surface area contributed by atoms with Crippen molar-refractivity contribution in [3.63, 3.8) is 0 Å². The van der Waals surface area contributed by atoms with Crippen molar-refractivity contribution in [3.05, 3.63) is 102 Å². The van der Waals surface area contributed by atoms with E-state index >= 15 is 0 Å². The van der Waals surface area contributed by atoms with Crippen molar-refractivity contribution in [1.82, 2.24) is 0 Å². The van der Waals surface area contributed by atoms with Gasteiger partial charge in [0.1, 0.15) is 0 Å². The molecule has 0 saturated heterocycles. The number of nitrogens with zero attached hydrogens (tertiary/aromatic N) is 2. The molecule has 0 aliphatic carbocycles. The lowest BCUT2D eigenvalue weighted by atomic mass is 9.79. The number of rotatable bonds is 6. The van der Waals surface area contributed by atoms with Crippen LogP contribution in [0, 0.1) is 5.92 Å². The van der Waals surface area contributed by atoms with Gasteiger partial charge in [0.05, 0.1) is 11.6 Å². The minimum atomic E-state index is -0.467. The molecule has 1 aliphatic rings. The zero-order chi connectivity index (χ0) is 20.2. The van der Waals surface area contributed by atoms with Gasteiger partial charge in [0.15, 0.2) is 5.78 Å². The summed E-state index contributed by atoms with van der Waals surface area (Å²) < 4.78 is 0. The maximum absolute atomic E-state index is 13.3. The highest BCUT2D eigenvalue weighted by Crippen LogP contribution is 2.36. The lowest BCUT2D eigenvalue weighted by molar-refractivity contribution is -0.120. The molecule has 1 amide bonds. The number of hydrogen-bond acceptors (Lipinski definition) is 3. The topological polar surface area (TPSA) is 49.7 Å². The predicted octanol–water partition coefficient (Wildman–Crippen LogP) is 5.08. The fraction of sp³-hybridized carbons (Fsp3) is 0.160. The number of amides is 1. The van der Waals surface area contributed by atoms with E-state index in [1.165, 1.54) is 5.01 Å². The molecule has 0 aromatic heterocycles. The lowest BCUT2D eigenvalue weighted by Gasteiger charge is -2.23. The van der Waals surface area contributed by atoms with Gasteiger partial charge in [-0.1, -0.05) is 78.9 Å². The first-order valence-corrected chi connectivity index (χ1v) is 9.72. The molecule has 0 radical (unpaired) electrons. The summed E-state index contributed by atoms with van der Waals surface area (Å²) in [6.07, 6.45) is 0.250. The Morgan fingerprint density at radius 1 is 0.897 bits per heavy atom. The Hall–Kier alpha value is -3.53. The number of ketones is 1. The quantitative estimate of drug-likeness (QED) is 0.558. The van der Waals surface area contributed by atoms with E-state index in [9.17, 15) is 9.59 Å². The smallest absolute Gasteiger partial charge is 0.256 e. The molecule has 3 aromatic carbocycles. The standard InChI is InChI=1S/C25H22N2O2/c1-18-24(25(29)27(26-18)21-15-9-4-10-16-21)22(19-11-5-2-6-12-19)17-23(28)20-13-7-3-8-14-20/h2-16,22,24H,17H2,1H3/t22-,24-/m1/s1. The van der Waals surface area contributed by atoms with Crippen molar-refractivity contribution < 1.29 is 9.59 Å². The van der Waals surface area contributed by atoms with Crippen LogP contribution in [0.25, 0.3) is 0 Å². The molecule has 0 saturated carbocycles. The molecule has 4 rings (SSSR count). The molecule has 144 valence electrons. The van der Waals surface area contributed by atoms with Crippen LogP contribution < -0.4 is 5.01 Å². The van der Waals surface area contributed by atoms with Crippen molar-refractivity contribution in [3.8, 4) is 0 Å². The highest BCUT2D eigenvalue weighted by molar-refractivity contribution is 6.16. The first kappa shape index (κ1) is 18.8. The predicted molar refractivity (Wildman–Crippen MR) is 115 cm³/mol. The number of carbonyl (C=O) groups is 2. The Kier molecular flexibility index (Phi) is 5.34. The summed E-state index contributed by atoms with van der Waals surface area (Å²) in [6, 6.07) is 28.4. The van der Waals surface area contributed by atoms with E-state index in [2.05, 4.69) is 5.10 Å². The zero-order valence-corrected chi connectivity index (χ0v) is 16.2. The Morgan fingerprint density at radius 3 is 2.07 bits per heavy atom. The maximum atomic E-state index is 13.3. The molecule has 0 unspecified atom stereocenters. The van der Waals surface area contributed by atoms with E-state index in [-0.39, 0.29) is 24.0 Å². The van der Waals surface area contributed by atoms with Gasteiger partial charge < -0.3 is 0 Å². The third-order valence-electron chi connectivity index (χ3n) is 5.31. The molecule has 4 heteroatoms. The second kappa shape index (κ2) is 8.23. The first-order valence-electron chi connectivity index (χ1n) is 9.72. The summed E-state index contributed by atoms with van der Waals surface area (Å²) in [5.41, 5.74) is 3.10. The molecular weight excluding hydrogens is 360 g/mol. The van der Waals surface area contributed by atoms with E-state index in [1.54, 1.807) is 0 Å². The minimum absolute atomic E-state index is 0.0261. The van der Waals surface area contributed by atoms with Crippen molar-refractivity contribution in [1.29, 1.82) is 0 Å². The van der Waals surface area contributed by atoms with Gasteiger partial charge >= 0.3 is 0 Å². The Morgan fingerprint density at radius 2 is 1.45 bits per heavy atom. The number of anilines is 1. The van der Waals surface area contributed by atoms with Crippen molar-refractivity contribution in [2.75, 3.05) is 5.01 Å². The van der Waals surface area contributed by atoms with Gasteiger partial charge in [-0.15, -0.1) is 0 Å². The van der Waals surface area contributed by atoms with Crippen molar-refractivity contribution in [2.45, 2.75) is 19.3 Å². The third-order valence-corrected chi connectivity index (χ3v) is 5.31. The molecule has 1 heterocycles. The summed E-state index contributed by atoms with van der Waals surface area (Å²) in [5, 5.41) is 6.00. The lowest BCUT2D eigenvalue weighted by Crippen LogP contribution is -2.32. The monoisotopic (exact) mass is 382 g/mol.